The SMILES string of the molecule is O=C(Cc1cccs1)N1CCOc2ccc(CN3CCC(Oc4cccnc4)CC3)cc2C1. The molecule has 172 valence electrons. The van der Waals surface area contributed by atoms with Gasteiger partial charge in [-0.05, 0) is 54.1 Å². The molecule has 2 aromatic heterocycles. The number of carbonyl (C=O) groups is 1. The molecule has 1 fully saturated rings. The fraction of sp³-hybridized carbons (Fsp3) is 0.385. The van der Waals surface area contributed by atoms with Gasteiger partial charge in [-0.2, -0.15) is 0 Å². The fourth-order valence-corrected chi connectivity index (χ4v) is 5.18. The van der Waals surface area contributed by atoms with Crippen molar-refractivity contribution in [2.75, 3.05) is 26.2 Å². The van der Waals surface area contributed by atoms with Crippen molar-refractivity contribution in [2.45, 2.75) is 38.5 Å². The highest BCUT2D eigenvalue weighted by atomic mass is 32.1. The van der Waals surface area contributed by atoms with Crippen molar-refractivity contribution in [1.29, 1.82) is 0 Å². The summed E-state index contributed by atoms with van der Waals surface area (Å²) in [6.07, 6.45) is 6.26. The molecule has 2 aliphatic rings. The molecule has 6 nitrogen and oxygen atoms in total. The molecule has 0 aliphatic carbocycles. The number of thiophene rings is 1. The van der Waals surface area contributed by atoms with E-state index in [-0.39, 0.29) is 12.0 Å². The molecule has 5 rings (SSSR count). The van der Waals surface area contributed by atoms with E-state index < -0.39 is 0 Å². The molecule has 1 aromatic carbocycles. The van der Waals surface area contributed by atoms with Gasteiger partial charge in [0.1, 0.15) is 24.2 Å². The van der Waals surface area contributed by atoms with E-state index in [4.69, 9.17) is 9.47 Å². The Hall–Kier alpha value is -2.90. The Morgan fingerprint density at radius 1 is 1.15 bits per heavy atom. The number of piperidine rings is 1. The van der Waals surface area contributed by atoms with Crippen LogP contribution in [0.25, 0.3) is 0 Å². The van der Waals surface area contributed by atoms with Crippen LogP contribution in [0, 0.1) is 0 Å². The quantitative estimate of drug-likeness (QED) is 0.550. The molecule has 0 spiro atoms. The van der Waals surface area contributed by atoms with Gasteiger partial charge in [-0.1, -0.05) is 12.1 Å². The van der Waals surface area contributed by atoms with Gasteiger partial charge in [0.05, 0.1) is 19.2 Å². The molecule has 0 N–H and O–H groups in total. The number of carbonyl (C=O) groups excluding carboxylic acids is 1. The summed E-state index contributed by atoms with van der Waals surface area (Å²) in [4.78, 5) is 22.5. The highest BCUT2D eigenvalue weighted by Gasteiger charge is 2.23. The van der Waals surface area contributed by atoms with Crippen LogP contribution in [0.4, 0.5) is 0 Å². The number of fused-ring (bicyclic) bond motifs is 1. The lowest BCUT2D eigenvalue weighted by molar-refractivity contribution is -0.131. The average Bonchev–Trinajstić information content (AvgIpc) is 3.25. The number of aromatic nitrogens is 1. The van der Waals surface area contributed by atoms with Crippen LogP contribution < -0.4 is 9.47 Å². The monoisotopic (exact) mass is 463 g/mol. The van der Waals surface area contributed by atoms with Crippen molar-refractivity contribution in [2.24, 2.45) is 0 Å². The molecule has 0 atom stereocenters. The van der Waals surface area contributed by atoms with Gasteiger partial charge >= 0.3 is 0 Å². The minimum absolute atomic E-state index is 0.162. The molecule has 2 aliphatic heterocycles. The van der Waals surface area contributed by atoms with Gasteiger partial charge in [0.2, 0.25) is 5.91 Å². The summed E-state index contributed by atoms with van der Waals surface area (Å²) in [5.41, 5.74) is 2.36. The maximum Gasteiger partial charge on any atom is 0.228 e. The van der Waals surface area contributed by atoms with E-state index in [1.54, 1.807) is 23.7 Å². The van der Waals surface area contributed by atoms with E-state index >= 15 is 0 Å². The third-order valence-electron chi connectivity index (χ3n) is 6.24. The van der Waals surface area contributed by atoms with Gasteiger partial charge in [0, 0.05) is 42.8 Å². The number of nitrogens with zero attached hydrogens (tertiary/aromatic N) is 3. The lowest BCUT2D eigenvalue weighted by atomic mass is 10.0. The third-order valence-corrected chi connectivity index (χ3v) is 7.12. The molecular formula is C26H29N3O3S. The summed E-state index contributed by atoms with van der Waals surface area (Å²) >= 11 is 1.63. The van der Waals surface area contributed by atoms with Gasteiger partial charge in [-0.3, -0.25) is 14.7 Å². The Kier molecular flexibility index (Phi) is 6.88. The Balaban J connectivity index is 1.17. The normalized spacial score (nSPS) is 17.2. The minimum atomic E-state index is 0.162. The number of rotatable bonds is 6. The van der Waals surface area contributed by atoms with Crippen molar-refractivity contribution in [3.63, 3.8) is 0 Å². The first kappa shape index (κ1) is 21.9. The summed E-state index contributed by atoms with van der Waals surface area (Å²) in [5, 5.41) is 2.02. The van der Waals surface area contributed by atoms with Crippen LogP contribution in [0.15, 0.2) is 60.2 Å². The van der Waals surface area contributed by atoms with E-state index in [1.165, 1.54) is 5.56 Å². The van der Waals surface area contributed by atoms with Crippen LogP contribution in [0.5, 0.6) is 11.5 Å². The van der Waals surface area contributed by atoms with Crippen molar-refractivity contribution < 1.29 is 14.3 Å². The molecule has 0 bridgehead atoms. The molecule has 0 unspecified atom stereocenters. The summed E-state index contributed by atoms with van der Waals surface area (Å²) in [7, 11) is 0. The van der Waals surface area contributed by atoms with E-state index in [0.29, 0.717) is 26.1 Å². The molecule has 7 heteroatoms. The summed E-state index contributed by atoms with van der Waals surface area (Å²) < 4.78 is 12.0. The van der Waals surface area contributed by atoms with Crippen LogP contribution in [-0.2, 0) is 24.3 Å². The van der Waals surface area contributed by atoms with Gasteiger partial charge in [0.25, 0.3) is 0 Å². The van der Waals surface area contributed by atoms with E-state index in [2.05, 4.69) is 28.1 Å². The smallest absolute Gasteiger partial charge is 0.228 e. The number of hydrogen-bond acceptors (Lipinski definition) is 6. The Morgan fingerprint density at radius 2 is 2.06 bits per heavy atom. The topological polar surface area (TPSA) is 54.9 Å². The van der Waals surface area contributed by atoms with Gasteiger partial charge in [-0.15, -0.1) is 11.3 Å². The number of benzene rings is 1. The first-order valence-corrected chi connectivity index (χ1v) is 12.4. The largest absolute Gasteiger partial charge is 0.491 e. The number of amides is 1. The average molecular weight is 464 g/mol. The molecule has 1 saturated heterocycles. The van der Waals surface area contributed by atoms with Crippen LogP contribution in [0.3, 0.4) is 0 Å². The maximum absolute atomic E-state index is 12.8. The molecule has 0 saturated carbocycles. The first-order chi connectivity index (χ1) is 16.2. The molecule has 33 heavy (non-hydrogen) atoms. The molecule has 4 heterocycles. The van der Waals surface area contributed by atoms with E-state index in [9.17, 15) is 4.79 Å². The maximum atomic E-state index is 12.8. The van der Waals surface area contributed by atoms with E-state index in [0.717, 1.165) is 54.4 Å². The molecule has 3 aromatic rings. The Bertz CT molecular complexity index is 1050. The summed E-state index contributed by atoms with van der Waals surface area (Å²) in [6.45, 7) is 4.67. The number of ether oxygens (including phenoxy) is 2. The van der Waals surface area contributed by atoms with Crippen molar-refractivity contribution in [3.05, 3.63) is 76.2 Å². The predicted octanol–water partition coefficient (Wildman–Crippen LogP) is 4.15. The number of pyridine rings is 1. The lowest BCUT2D eigenvalue weighted by Crippen LogP contribution is -2.37. The van der Waals surface area contributed by atoms with Gasteiger partial charge in [-0.25, -0.2) is 0 Å². The van der Waals surface area contributed by atoms with Crippen LogP contribution >= 0.6 is 11.3 Å². The van der Waals surface area contributed by atoms with Gasteiger partial charge < -0.3 is 14.4 Å². The number of hydrogen-bond donors (Lipinski definition) is 0. The van der Waals surface area contributed by atoms with Crippen LogP contribution in [-0.4, -0.2) is 53.0 Å². The second-order valence-electron chi connectivity index (χ2n) is 8.64. The standard InChI is InChI=1S/C26H29N3O3S/c30-26(16-24-4-2-14-33-24)29-12-13-31-25-6-5-20(15-21(25)19-29)18-28-10-7-22(8-11-28)32-23-3-1-9-27-17-23/h1-6,9,14-15,17,22H,7-8,10-13,16,18-19H2. The van der Waals surface area contributed by atoms with Gasteiger partial charge in [0.15, 0.2) is 0 Å². The first-order valence-electron chi connectivity index (χ1n) is 11.6. The van der Waals surface area contributed by atoms with Crippen molar-refractivity contribution in [3.8, 4) is 11.5 Å². The predicted molar refractivity (Wildman–Crippen MR) is 129 cm³/mol. The Labute approximate surface area is 198 Å². The number of likely N-dealkylation sites (tertiary alicyclic amines) is 1. The molecule has 0 radical (unpaired) electrons. The van der Waals surface area contributed by atoms with Crippen LogP contribution in [0.2, 0.25) is 0 Å². The highest BCUT2D eigenvalue weighted by molar-refractivity contribution is 7.10. The fourth-order valence-electron chi connectivity index (χ4n) is 4.49. The van der Waals surface area contributed by atoms with E-state index in [1.807, 2.05) is 34.5 Å². The zero-order valence-electron chi connectivity index (χ0n) is 18.7. The lowest BCUT2D eigenvalue weighted by Gasteiger charge is -2.32. The zero-order valence-corrected chi connectivity index (χ0v) is 19.5. The summed E-state index contributed by atoms with van der Waals surface area (Å²) in [5.74, 6) is 1.91. The summed E-state index contributed by atoms with van der Waals surface area (Å²) in [6, 6.07) is 14.3. The Morgan fingerprint density at radius 3 is 2.85 bits per heavy atom. The zero-order chi connectivity index (χ0) is 22.5. The molecule has 1 amide bonds. The second-order valence-corrected chi connectivity index (χ2v) is 9.68. The van der Waals surface area contributed by atoms with Crippen molar-refractivity contribution >= 4 is 17.2 Å². The minimum Gasteiger partial charge on any atom is -0.491 e. The highest BCUT2D eigenvalue weighted by Crippen LogP contribution is 2.27. The molecular weight excluding hydrogens is 434 g/mol. The van der Waals surface area contributed by atoms with Crippen molar-refractivity contribution in [1.82, 2.24) is 14.8 Å². The third kappa shape index (κ3) is 5.72. The second kappa shape index (κ2) is 10.4. The van der Waals surface area contributed by atoms with Crippen LogP contribution in [0.1, 0.15) is 28.8 Å².